The van der Waals surface area contributed by atoms with E-state index in [9.17, 15) is 9.59 Å². The van der Waals surface area contributed by atoms with Gasteiger partial charge in [-0.2, -0.15) is 0 Å². The number of ether oxygens (including phenoxy) is 1. The van der Waals surface area contributed by atoms with Crippen LogP contribution in [-0.4, -0.2) is 18.4 Å². The van der Waals surface area contributed by atoms with Crippen molar-refractivity contribution in [1.82, 2.24) is 5.32 Å². The van der Waals surface area contributed by atoms with E-state index in [4.69, 9.17) is 4.74 Å². The molecule has 0 saturated carbocycles. The predicted octanol–water partition coefficient (Wildman–Crippen LogP) is 4.90. The zero-order chi connectivity index (χ0) is 21.3. The maximum absolute atomic E-state index is 12.8. The summed E-state index contributed by atoms with van der Waals surface area (Å²) in [7, 11) is 0. The highest BCUT2D eigenvalue weighted by atomic mass is 16.5. The Bertz CT molecular complexity index is 1000. The molecule has 0 aliphatic rings. The number of hydrogen-bond acceptors (Lipinski definition) is 3. The van der Waals surface area contributed by atoms with Gasteiger partial charge in [-0.1, -0.05) is 62.4 Å². The van der Waals surface area contributed by atoms with Crippen LogP contribution >= 0.6 is 0 Å². The van der Waals surface area contributed by atoms with Gasteiger partial charge in [-0.25, -0.2) is 0 Å². The average Bonchev–Trinajstić information content (AvgIpc) is 2.77. The molecule has 5 nitrogen and oxygen atoms in total. The third-order valence-corrected chi connectivity index (χ3v) is 4.44. The van der Waals surface area contributed by atoms with Crippen molar-refractivity contribution in [2.45, 2.75) is 20.5 Å². The van der Waals surface area contributed by atoms with Crippen molar-refractivity contribution >= 4 is 17.5 Å². The second kappa shape index (κ2) is 10.3. The third kappa shape index (κ3) is 5.95. The topological polar surface area (TPSA) is 67.4 Å². The normalized spacial score (nSPS) is 10.5. The van der Waals surface area contributed by atoms with Crippen molar-refractivity contribution in [3.63, 3.8) is 0 Å². The minimum Gasteiger partial charge on any atom is -0.489 e. The standard InChI is InChI=1S/C25H26N2O3/c1-18(2)16-26-25(29)22-13-6-7-14-23(22)27-24(28)20-11-8-12-21(15-20)30-17-19-9-4-3-5-10-19/h3-15,18H,16-17H2,1-2H3,(H,26,29)(H,27,28). The van der Waals surface area contributed by atoms with E-state index in [0.717, 1.165) is 5.56 Å². The van der Waals surface area contributed by atoms with E-state index < -0.39 is 0 Å². The molecule has 3 aromatic carbocycles. The lowest BCUT2D eigenvalue weighted by Gasteiger charge is -2.13. The second-order valence-electron chi connectivity index (χ2n) is 7.41. The highest BCUT2D eigenvalue weighted by Crippen LogP contribution is 2.19. The van der Waals surface area contributed by atoms with E-state index in [1.807, 2.05) is 50.2 Å². The summed E-state index contributed by atoms with van der Waals surface area (Å²) >= 11 is 0. The molecular formula is C25H26N2O3. The molecule has 0 aliphatic heterocycles. The van der Waals surface area contributed by atoms with Crippen LogP contribution in [0.5, 0.6) is 5.75 Å². The van der Waals surface area contributed by atoms with Gasteiger partial charge in [-0.05, 0) is 41.8 Å². The van der Waals surface area contributed by atoms with Crippen LogP contribution < -0.4 is 15.4 Å². The Morgan fingerprint density at radius 3 is 2.37 bits per heavy atom. The molecule has 0 bridgehead atoms. The summed E-state index contributed by atoms with van der Waals surface area (Å²) in [5, 5.41) is 5.72. The van der Waals surface area contributed by atoms with Gasteiger partial charge in [0.05, 0.1) is 11.3 Å². The Kier molecular flexibility index (Phi) is 7.22. The summed E-state index contributed by atoms with van der Waals surface area (Å²) < 4.78 is 5.81. The number of hydrogen-bond donors (Lipinski definition) is 2. The fraction of sp³-hybridized carbons (Fsp3) is 0.200. The monoisotopic (exact) mass is 402 g/mol. The molecule has 3 rings (SSSR count). The molecule has 3 aromatic rings. The second-order valence-corrected chi connectivity index (χ2v) is 7.41. The third-order valence-electron chi connectivity index (χ3n) is 4.44. The van der Waals surface area contributed by atoms with Crippen LogP contribution in [0.4, 0.5) is 5.69 Å². The summed E-state index contributed by atoms with van der Waals surface area (Å²) in [6, 6.07) is 23.8. The fourth-order valence-corrected chi connectivity index (χ4v) is 2.84. The van der Waals surface area contributed by atoms with Gasteiger partial charge in [0.15, 0.2) is 0 Å². The number of benzene rings is 3. The lowest BCUT2D eigenvalue weighted by molar-refractivity contribution is 0.0950. The Morgan fingerprint density at radius 1 is 0.867 bits per heavy atom. The van der Waals surface area contributed by atoms with Gasteiger partial charge in [-0.15, -0.1) is 0 Å². The van der Waals surface area contributed by atoms with Crippen molar-refractivity contribution in [2.75, 3.05) is 11.9 Å². The minimum absolute atomic E-state index is 0.209. The molecule has 154 valence electrons. The highest BCUT2D eigenvalue weighted by Gasteiger charge is 2.14. The average molecular weight is 402 g/mol. The van der Waals surface area contributed by atoms with Crippen molar-refractivity contribution in [3.8, 4) is 5.75 Å². The van der Waals surface area contributed by atoms with Gasteiger partial charge < -0.3 is 15.4 Å². The summed E-state index contributed by atoms with van der Waals surface area (Å²) in [6.45, 7) is 5.05. The summed E-state index contributed by atoms with van der Waals surface area (Å²) in [5.74, 6) is 0.438. The van der Waals surface area contributed by atoms with E-state index in [-0.39, 0.29) is 11.8 Å². The number of carbonyl (C=O) groups is 2. The van der Waals surface area contributed by atoms with Crippen LogP contribution in [0.15, 0.2) is 78.9 Å². The quantitative estimate of drug-likeness (QED) is 0.563. The van der Waals surface area contributed by atoms with Gasteiger partial charge >= 0.3 is 0 Å². The van der Waals surface area contributed by atoms with Gasteiger partial charge in [0, 0.05) is 12.1 Å². The van der Waals surface area contributed by atoms with Gasteiger partial charge in [0.25, 0.3) is 11.8 Å². The Hall–Kier alpha value is -3.60. The van der Waals surface area contributed by atoms with Gasteiger partial charge in [0.1, 0.15) is 12.4 Å². The number of anilines is 1. The van der Waals surface area contributed by atoms with E-state index in [0.29, 0.717) is 41.6 Å². The molecule has 2 amide bonds. The maximum Gasteiger partial charge on any atom is 0.255 e. The summed E-state index contributed by atoms with van der Waals surface area (Å²) in [4.78, 5) is 25.3. The van der Waals surface area contributed by atoms with Crippen LogP contribution in [0.25, 0.3) is 0 Å². The van der Waals surface area contributed by atoms with Crippen LogP contribution in [0, 0.1) is 5.92 Å². The molecule has 0 spiro atoms. The van der Waals surface area contributed by atoms with E-state index in [1.165, 1.54) is 0 Å². The molecule has 0 fully saturated rings. The van der Waals surface area contributed by atoms with Crippen LogP contribution in [0.3, 0.4) is 0 Å². The highest BCUT2D eigenvalue weighted by molar-refractivity contribution is 6.09. The number of nitrogens with one attached hydrogen (secondary N) is 2. The van der Waals surface area contributed by atoms with Crippen molar-refractivity contribution in [2.24, 2.45) is 5.92 Å². The first-order chi connectivity index (χ1) is 14.5. The van der Waals surface area contributed by atoms with E-state index in [1.54, 1.807) is 42.5 Å². The van der Waals surface area contributed by atoms with Gasteiger partial charge in [0.2, 0.25) is 0 Å². The summed E-state index contributed by atoms with van der Waals surface area (Å²) in [6.07, 6.45) is 0. The molecule has 0 saturated heterocycles. The number of amides is 2. The molecule has 30 heavy (non-hydrogen) atoms. The molecule has 5 heteroatoms. The lowest BCUT2D eigenvalue weighted by atomic mass is 10.1. The largest absolute Gasteiger partial charge is 0.489 e. The first-order valence-electron chi connectivity index (χ1n) is 9.98. The Labute approximate surface area is 177 Å². The van der Waals surface area contributed by atoms with E-state index in [2.05, 4.69) is 10.6 Å². The van der Waals surface area contributed by atoms with Crippen molar-refractivity contribution in [3.05, 3.63) is 95.6 Å². The zero-order valence-electron chi connectivity index (χ0n) is 17.2. The van der Waals surface area contributed by atoms with Crippen molar-refractivity contribution < 1.29 is 14.3 Å². The number of rotatable bonds is 8. The molecular weight excluding hydrogens is 376 g/mol. The Morgan fingerprint density at radius 2 is 1.60 bits per heavy atom. The van der Waals surface area contributed by atoms with E-state index >= 15 is 0 Å². The number of carbonyl (C=O) groups excluding carboxylic acids is 2. The van der Waals surface area contributed by atoms with Crippen LogP contribution in [0.2, 0.25) is 0 Å². The van der Waals surface area contributed by atoms with Crippen LogP contribution in [0.1, 0.15) is 40.1 Å². The molecule has 2 N–H and O–H groups in total. The lowest BCUT2D eigenvalue weighted by Crippen LogP contribution is -2.28. The zero-order valence-corrected chi connectivity index (χ0v) is 17.2. The molecule has 0 heterocycles. The molecule has 0 radical (unpaired) electrons. The van der Waals surface area contributed by atoms with Gasteiger partial charge in [-0.3, -0.25) is 9.59 Å². The minimum atomic E-state index is -0.302. The SMILES string of the molecule is CC(C)CNC(=O)c1ccccc1NC(=O)c1cccc(OCc2ccccc2)c1. The Balaban J connectivity index is 1.68. The van der Waals surface area contributed by atoms with Crippen LogP contribution in [-0.2, 0) is 6.61 Å². The van der Waals surface area contributed by atoms with Crippen molar-refractivity contribution in [1.29, 1.82) is 0 Å². The molecule has 0 aliphatic carbocycles. The maximum atomic E-state index is 12.8. The summed E-state index contributed by atoms with van der Waals surface area (Å²) in [5.41, 5.74) is 2.41. The molecule has 0 atom stereocenters. The molecule has 0 aromatic heterocycles. The molecule has 0 unspecified atom stereocenters. The first kappa shape index (κ1) is 21.1. The first-order valence-corrected chi connectivity index (χ1v) is 9.98. The fourth-order valence-electron chi connectivity index (χ4n) is 2.84. The predicted molar refractivity (Wildman–Crippen MR) is 119 cm³/mol. The smallest absolute Gasteiger partial charge is 0.255 e. The number of para-hydroxylation sites is 1.